The van der Waals surface area contributed by atoms with Gasteiger partial charge in [-0.2, -0.15) is 0 Å². The number of hydrogen-bond donors (Lipinski definition) is 1. The Kier molecular flexibility index (Phi) is 6.27. The summed E-state index contributed by atoms with van der Waals surface area (Å²) >= 11 is 0. The zero-order chi connectivity index (χ0) is 17.7. The van der Waals surface area contributed by atoms with Crippen molar-refractivity contribution >= 4 is 11.6 Å². The predicted octanol–water partition coefficient (Wildman–Crippen LogP) is 4.50. The standard InChI is InChI=1S/C20H31NO3/c1-14(2)18(15-10-11-24-20(3,4)13-15)12-19(22)21-16-6-8-17(23-5)9-7-16/h6-9,14-15,18H,10-13H2,1-5H3,(H,21,22)/t15-,18+/m0/s1. The van der Waals surface area contributed by atoms with Gasteiger partial charge in [-0.05, 0) is 68.7 Å². The zero-order valence-electron chi connectivity index (χ0n) is 15.6. The Morgan fingerprint density at radius 2 is 2.00 bits per heavy atom. The number of anilines is 1. The van der Waals surface area contributed by atoms with Crippen molar-refractivity contribution in [2.45, 2.75) is 52.6 Å². The molecule has 0 aromatic heterocycles. The highest BCUT2D eigenvalue weighted by Gasteiger charge is 2.35. The van der Waals surface area contributed by atoms with Crippen LogP contribution in [0.4, 0.5) is 5.69 Å². The SMILES string of the molecule is COc1ccc(NC(=O)C[C@H](C(C)C)[C@H]2CCOC(C)(C)C2)cc1. The molecule has 0 bridgehead atoms. The third-order valence-electron chi connectivity index (χ3n) is 4.99. The third-order valence-corrected chi connectivity index (χ3v) is 4.99. The van der Waals surface area contributed by atoms with Crippen LogP contribution >= 0.6 is 0 Å². The number of benzene rings is 1. The van der Waals surface area contributed by atoms with Crippen molar-refractivity contribution < 1.29 is 14.3 Å². The molecule has 1 aliphatic rings. The summed E-state index contributed by atoms with van der Waals surface area (Å²) in [5, 5.41) is 3.01. The van der Waals surface area contributed by atoms with Gasteiger partial charge in [-0.3, -0.25) is 4.79 Å². The number of nitrogens with one attached hydrogen (secondary N) is 1. The normalized spacial score (nSPS) is 21.3. The lowest BCUT2D eigenvalue weighted by molar-refractivity contribution is -0.120. The number of amides is 1. The second kappa shape index (κ2) is 8.02. The molecule has 1 fully saturated rings. The minimum atomic E-state index is -0.0808. The molecule has 1 saturated heterocycles. The van der Waals surface area contributed by atoms with Gasteiger partial charge in [0.05, 0.1) is 12.7 Å². The lowest BCUT2D eigenvalue weighted by Gasteiger charge is -2.40. The summed E-state index contributed by atoms with van der Waals surface area (Å²) in [7, 11) is 1.64. The highest BCUT2D eigenvalue weighted by atomic mass is 16.5. The Bertz CT molecular complexity index is 536. The molecule has 1 aromatic carbocycles. The van der Waals surface area contributed by atoms with Gasteiger partial charge in [0.25, 0.3) is 0 Å². The average Bonchev–Trinajstić information content (AvgIpc) is 2.52. The van der Waals surface area contributed by atoms with Gasteiger partial charge in [0, 0.05) is 18.7 Å². The minimum Gasteiger partial charge on any atom is -0.497 e. The number of carbonyl (C=O) groups excluding carboxylic acids is 1. The van der Waals surface area contributed by atoms with E-state index in [-0.39, 0.29) is 11.5 Å². The summed E-state index contributed by atoms with van der Waals surface area (Å²) in [4.78, 5) is 12.5. The lowest BCUT2D eigenvalue weighted by atomic mass is 9.73. The second-order valence-electron chi connectivity index (χ2n) is 7.75. The molecule has 2 atom stereocenters. The molecular weight excluding hydrogens is 302 g/mol. The summed E-state index contributed by atoms with van der Waals surface area (Å²) in [6, 6.07) is 7.46. The van der Waals surface area contributed by atoms with Crippen molar-refractivity contribution in [3.63, 3.8) is 0 Å². The van der Waals surface area contributed by atoms with E-state index in [2.05, 4.69) is 33.0 Å². The fourth-order valence-electron chi connectivity index (χ4n) is 3.69. The van der Waals surface area contributed by atoms with Crippen molar-refractivity contribution in [2.24, 2.45) is 17.8 Å². The number of carbonyl (C=O) groups is 1. The summed E-state index contributed by atoms with van der Waals surface area (Å²) < 4.78 is 11.0. The van der Waals surface area contributed by atoms with E-state index in [0.29, 0.717) is 24.2 Å². The minimum absolute atomic E-state index is 0.0808. The number of hydrogen-bond acceptors (Lipinski definition) is 3. The molecule has 24 heavy (non-hydrogen) atoms. The monoisotopic (exact) mass is 333 g/mol. The largest absolute Gasteiger partial charge is 0.497 e. The molecule has 1 amide bonds. The van der Waals surface area contributed by atoms with Gasteiger partial charge >= 0.3 is 0 Å². The first-order chi connectivity index (χ1) is 11.3. The molecule has 4 heteroatoms. The summed E-state index contributed by atoms with van der Waals surface area (Å²) in [6.07, 6.45) is 2.62. The van der Waals surface area contributed by atoms with Crippen molar-refractivity contribution in [2.75, 3.05) is 19.0 Å². The quantitative estimate of drug-likeness (QED) is 0.833. The van der Waals surface area contributed by atoms with E-state index in [4.69, 9.17) is 9.47 Å². The fraction of sp³-hybridized carbons (Fsp3) is 0.650. The van der Waals surface area contributed by atoms with Crippen LogP contribution in [0.25, 0.3) is 0 Å². The van der Waals surface area contributed by atoms with Crippen molar-refractivity contribution in [1.82, 2.24) is 0 Å². The van der Waals surface area contributed by atoms with E-state index in [1.807, 2.05) is 24.3 Å². The van der Waals surface area contributed by atoms with E-state index in [1.54, 1.807) is 7.11 Å². The van der Waals surface area contributed by atoms with E-state index in [1.165, 1.54) is 0 Å². The predicted molar refractivity (Wildman–Crippen MR) is 97.3 cm³/mol. The molecule has 4 nitrogen and oxygen atoms in total. The highest BCUT2D eigenvalue weighted by Crippen LogP contribution is 2.38. The van der Waals surface area contributed by atoms with Crippen LogP contribution in [0.3, 0.4) is 0 Å². The molecule has 0 saturated carbocycles. The third kappa shape index (κ3) is 5.23. The fourth-order valence-corrected chi connectivity index (χ4v) is 3.69. The smallest absolute Gasteiger partial charge is 0.224 e. The summed E-state index contributed by atoms with van der Waals surface area (Å²) in [6.45, 7) is 9.52. The molecule has 1 aliphatic heterocycles. The van der Waals surface area contributed by atoms with Crippen LogP contribution < -0.4 is 10.1 Å². The first-order valence-corrected chi connectivity index (χ1v) is 8.88. The molecule has 1 heterocycles. The van der Waals surface area contributed by atoms with Crippen molar-refractivity contribution in [3.05, 3.63) is 24.3 Å². The Labute approximate surface area is 145 Å². The topological polar surface area (TPSA) is 47.6 Å². The first-order valence-electron chi connectivity index (χ1n) is 8.88. The molecule has 0 unspecified atom stereocenters. The van der Waals surface area contributed by atoms with E-state index in [9.17, 15) is 4.79 Å². The molecule has 0 radical (unpaired) electrons. The maximum atomic E-state index is 12.5. The Morgan fingerprint density at radius 3 is 2.54 bits per heavy atom. The van der Waals surface area contributed by atoms with Gasteiger partial charge in [0.15, 0.2) is 0 Å². The van der Waals surface area contributed by atoms with Crippen LogP contribution in [0.5, 0.6) is 5.75 Å². The molecule has 1 N–H and O–H groups in total. The number of ether oxygens (including phenoxy) is 2. The Balaban J connectivity index is 1.97. The van der Waals surface area contributed by atoms with Gasteiger partial charge in [-0.25, -0.2) is 0 Å². The van der Waals surface area contributed by atoms with Gasteiger partial charge < -0.3 is 14.8 Å². The highest BCUT2D eigenvalue weighted by molar-refractivity contribution is 5.90. The van der Waals surface area contributed by atoms with Crippen LogP contribution in [-0.4, -0.2) is 25.2 Å². The maximum Gasteiger partial charge on any atom is 0.224 e. The molecule has 1 aromatic rings. The number of methoxy groups -OCH3 is 1. The van der Waals surface area contributed by atoms with Gasteiger partial charge in [0.1, 0.15) is 5.75 Å². The van der Waals surface area contributed by atoms with Crippen LogP contribution in [0.15, 0.2) is 24.3 Å². The van der Waals surface area contributed by atoms with Crippen molar-refractivity contribution in [3.8, 4) is 5.75 Å². The van der Waals surface area contributed by atoms with Crippen LogP contribution in [-0.2, 0) is 9.53 Å². The number of rotatable bonds is 6. The summed E-state index contributed by atoms with van der Waals surface area (Å²) in [5.74, 6) is 2.27. The molecule has 0 spiro atoms. The van der Waals surface area contributed by atoms with Crippen LogP contribution in [0.2, 0.25) is 0 Å². The maximum absolute atomic E-state index is 12.5. The van der Waals surface area contributed by atoms with Crippen LogP contribution in [0.1, 0.15) is 47.0 Å². The molecule has 2 rings (SSSR count). The van der Waals surface area contributed by atoms with Gasteiger partial charge in [-0.1, -0.05) is 13.8 Å². The Hall–Kier alpha value is -1.55. The lowest BCUT2D eigenvalue weighted by Crippen LogP contribution is -2.39. The van der Waals surface area contributed by atoms with Crippen molar-refractivity contribution in [1.29, 1.82) is 0 Å². The first kappa shape index (κ1) is 18.8. The molecule has 134 valence electrons. The zero-order valence-corrected chi connectivity index (χ0v) is 15.6. The second-order valence-corrected chi connectivity index (χ2v) is 7.75. The average molecular weight is 333 g/mol. The van der Waals surface area contributed by atoms with E-state index in [0.717, 1.165) is 30.9 Å². The van der Waals surface area contributed by atoms with E-state index >= 15 is 0 Å². The van der Waals surface area contributed by atoms with Gasteiger partial charge in [0.2, 0.25) is 5.91 Å². The van der Waals surface area contributed by atoms with E-state index < -0.39 is 0 Å². The molecule has 0 aliphatic carbocycles. The van der Waals surface area contributed by atoms with Crippen LogP contribution in [0, 0.1) is 17.8 Å². The Morgan fingerprint density at radius 1 is 1.33 bits per heavy atom. The van der Waals surface area contributed by atoms with Gasteiger partial charge in [-0.15, -0.1) is 0 Å². The molecular formula is C20H31NO3. The summed E-state index contributed by atoms with van der Waals surface area (Å²) in [5.41, 5.74) is 0.735.